The van der Waals surface area contributed by atoms with Crippen molar-refractivity contribution in [2.75, 3.05) is 18.9 Å². The van der Waals surface area contributed by atoms with Crippen molar-refractivity contribution in [1.82, 2.24) is 14.9 Å². The van der Waals surface area contributed by atoms with Crippen molar-refractivity contribution < 1.29 is 9.59 Å². The van der Waals surface area contributed by atoms with Crippen LogP contribution in [0.5, 0.6) is 0 Å². The molecule has 3 N–H and O–H groups in total. The van der Waals surface area contributed by atoms with Gasteiger partial charge in [0.25, 0.3) is 5.91 Å². The number of carbonyl (C=O) groups is 2. The molecule has 1 aliphatic heterocycles. The van der Waals surface area contributed by atoms with Crippen LogP contribution < -0.4 is 11.1 Å². The maximum absolute atomic E-state index is 12.4. The van der Waals surface area contributed by atoms with E-state index in [1.165, 1.54) is 11.1 Å². The number of rotatable bonds is 4. The molecule has 8 heteroatoms. The maximum atomic E-state index is 12.4. The van der Waals surface area contributed by atoms with Crippen LogP contribution >= 0.6 is 11.6 Å². The van der Waals surface area contributed by atoms with Gasteiger partial charge in [-0.25, -0.2) is 9.97 Å². The number of carbonyl (C=O) groups excluding carboxylic acids is 2. The average molecular weight is 332 g/mol. The molecule has 2 heterocycles. The number of hydrogen-bond acceptors (Lipinski definition) is 5. The van der Waals surface area contributed by atoms with E-state index in [2.05, 4.69) is 15.3 Å². The minimum absolute atomic E-state index is 0.0962. The third-order valence-corrected chi connectivity index (χ3v) is 3.85. The summed E-state index contributed by atoms with van der Waals surface area (Å²) in [5.41, 5.74) is 7.79. The molecule has 0 saturated carbocycles. The minimum atomic E-state index is -0.538. The Morgan fingerprint density at radius 1 is 1.48 bits per heavy atom. The fourth-order valence-electron chi connectivity index (χ4n) is 2.51. The van der Waals surface area contributed by atoms with Gasteiger partial charge in [-0.1, -0.05) is 23.7 Å². The van der Waals surface area contributed by atoms with Crippen LogP contribution in [-0.2, 0) is 11.3 Å². The van der Waals surface area contributed by atoms with Crippen LogP contribution in [0.3, 0.4) is 0 Å². The van der Waals surface area contributed by atoms with E-state index in [1.807, 2.05) is 12.1 Å². The lowest BCUT2D eigenvalue weighted by molar-refractivity contribution is -0.118. The van der Waals surface area contributed by atoms with Crippen molar-refractivity contribution >= 4 is 29.4 Å². The molecule has 7 nitrogen and oxygen atoms in total. The fraction of sp³-hybridized carbons (Fsp3) is 0.200. The molecule has 0 radical (unpaired) electrons. The van der Waals surface area contributed by atoms with Gasteiger partial charge in [0, 0.05) is 24.7 Å². The summed E-state index contributed by atoms with van der Waals surface area (Å²) in [5.74, 6) is -0.324. The monoisotopic (exact) mass is 331 g/mol. The summed E-state index contributed by atoms with van der Waals surface area (Å²) in [6.07, 6.45) is 1.50. The van der Waals surface area contributed by atoms with Crippen LogP contribution in [0.15, 0.2) is 24.4 Å². The Morgan fingerprint density at radius 3 is 2.96 bits per heavy atom. The van der Waals surface area contributed by atoms with Gasteiger partial charge in [-0.2, -0.15) is 0 Å². The summed E-state index contributed by atoms with van der Waals surface area (Å²) >= 11 is 6.16. The topological polar surface area (TPSA) is 101 Å². The first-order valence-electron chi connectivity index (χ1n) is 6.90. The SMILES string of the molecule is CNc1ncc(Cl)c(-c2ccc3c(c2)C(=O)N(CC(N)=O)C3)n1. The molecule has 0 fully saturated rings. The molecule has 0 aliphatic carbocycles. The summed E-state index contributed by atoms with van der Waals surface area (Å²) in [5, 5.41) is 3.24. The molecule has 0 atom stereocenters. The first kappa shape index (κ1) is 15.2. The number of nitrogens with two attached hydrogens (primary N) is 1. The molecule has 0 unspecified atom stereocenters. The van der Waals surface area contributed by atoms with Crippen LogP contribution in [-0.4, -0.2) is 40.3 Å². The Balaban J connectivity index is 1.99. The van der Waals surface area contributed by atoms with Gasteiger partial charge in [-0.15, -0.1) is 0 Å². The van der Waals surface area contributed by atoms with E-state index in [0.29, 0.717) is 34.3 Å². The van der Waals surface area contributed by atoms with Gasteiger partial charge in [-0.3, -0.25) is 9.59 Å². The zero-order chi connectivity index (χ0) is 16.6. The van der Waals surface area contributed by atoms with Crippen molar-refractivity contribution in [2.45, 2.75) is 6.54 Å². The highest BCUT2D eigenvalue weighted by molar-refractivity contribution is 6.33. The Labute approximate surface area is 137 Å². The van der Waals surface area contributed by atoms with Crippen LogP contribution in [0.2, 0.25) is 5.02 Å². The summed E-state index contributed by atoms with van der Waals surface area (Å²) < 4.78 is 0. The number of nitrogens with zero attached hydrogens (tertiary/aromatic N) is 3. The maximum Gasteiger partial charge on any atom is 0.254 e. The van der Waals surface area contributed by atoms with E-state index in [0.717, 1.165) is 5.56 Å². The van der Waals surface area contributed by atoms with E-state index in [4.69, 9.17) is 17.3 Å². The molecule has 0 spiro atoms. The lowest BCUT2D eigenvalue weighted by Gasteiger charge is -2.12. The van der Waals surface area contributed by atoms with Gasteiger partial charge in [-0.05, 0) is 11.6 Å². The minimum Gasteiger partial charge on any atom is -0.368 e. The molecule has 0 saturated heterocycles. The largest absolute Gasteiger partial charge is 0.368 e. The van der Waals surface area contributed by atoms with Crippen LogP contribution in [0, 0.1) is 0 Å². The van der Waals surface area contributed by atoms with Crippen molar-refractivity contribution in [1.29, 1.82) is 0 Å². The number of aromatic nitrogens is 2. The predicted molar refractivity (Wildman–Crippen MR) is 86.0 cm³/mol. The molecule has 1 aromatic carbocycles. The van der Waals surface area contributed by atoms with Gasteiger partial charge in [0.05, 0.1) is 23.5 Å². The van der Waals surface area contributed by atoms with Crippen molar-refractivity contribution in [3.63, 3.8) is 0 Å². The zero-order valence-electron chi connectivity index (χ0n) is 12.3. The molecule has 0 bridgehead atoms. The summed E-state index contributed by atoms with van der Waals surface area (Å²) in [4.78, 5) is 33.2. The standard InChI is InChI=1S/C15H14ClN5O2/c1-18-15-19-5-11(16)13(20-15)8-2-3-9-6-21(7-12(17)22)14(23)10(9)4-8/h2-5H,6-7H2,1H3,(H2,17,22)(H,18,19,20). The molecule has 118 valence electrons. The summed E-state index contributed by atoms with van der Waals surface area (Å²) in [6, 6.07) is 5.40. The Morgan fingerprint density at radius 2 is 2.26 bits per heavy atom. The predicted octanol–water partition coefficient (Wildman–Crippen LogP) is 1.28. The number of primary amides is 1. The molecule has 3 rings (SSSR count). The van der Waals surface area contributed by atoms with Gasteiger partial charge >= 0.3 is 0 Å². The smallest absolute Gasteiger partial charge is 0.254 e. The van der Waals surface area contributed by atoms with E-state index in [9.17, 15) is 9.59 Å². The van der Waals surface area contributed by atoms with Crippen molar-refractivity contribution in [3.8, 4) is 11.3 Å². The quantitative estimate of drug-likeness (QED) is 0.878. The third kappa shape index (κ3) is 2.83. The number of halogens is 1. The zero-order valence-corrected chi connectivity index (χ0v) is 13.1. The van der Waals surface area contributed by atoms with Crippen LogP contribution in [0.1, 0.15) is 15.9 Å². The second kappa shape index (κ2) is 5.85. The second-order valence-corrected chi connectivity index (χ2v) is 5.55. The summed E-state index contributed by atoms with van der Waals surface area (Å²) in [6.45, 7) is 0.275. The Hall–Kier alpha value is -2.67. The van der Waals surface area contributed by atoms with Crippen LogP contribution in [0.4, 0.5) is 5.95 Å². The highest BCUT2D eigenvalue weighted by Gasteiger charge is 2.28. The molecule has 2 amide bonds. The van der Waals surface area contributed by atoms with Crippen molar-refractivity contribution in [3.05, 3.63) is 40.5 Å². The third-order valence-electron chi connectivity index (χ3n) is 3.58. The van der Waals surface area contributed by atoms with E-state index in [-0.39, 0.29) is 12.5 Å². The lowest BCUT2D eigenvalue weighted by atomic mass is 10.0. The highest BCUT2D eigenvalue weighted by atomic mass is 35.5. The summed E-state index contributed by atoms with van der Waals surface area (Å²) in [7, 11) is 1.71. The van der Waals surface area contributed by atoms with E-state index in [1.54, 1.807) is 13.1 Å². The first-order chi connectivity index (χ1) is 11.0. The van der Waals surface area contributed by atoms with Gasteiger partial charge in [0.15, 0.2) is 0 Å². The average Bonchev–Trinajstić information content (AvgIpc) is 2.83. The van der Waals surface area contributed by atoms with Crippen molar-refractivity contribution in [2.24, 2.45) is 5.73 Å². The fourth-order valence-corrected chi connectivity index (χ4v) is 2.71. The second-order valence-electron chi connectivity index (χ2n) is 5.14. The number of benzene rings is 1. The number of hydrogen-bond donors (Lipinski definition) is 2. The molecule has 1 aromatic heterocycles. The Bertz CT molecular complexity index is 808. The first-order valence-corrected chi connectivity index (χ1v) is 7.28. The molecule has 2 aromatic rings. The van der Waals surface area contributed by atoms with Gasteiger partial charge in [0.2, 0.25) is 11.9 Å². The number of fused-ring (bicyclic) bond motifs is 1. The van der Waals surface area contributed by atoms with E-state index >= 15 is 0 Å². The molecular weight excluding hydrogens is 318 g/mol. The number of nitrogens with one attached hydrogen (secondary N) is 1. The van der Waals surface area contributed by atoms with Gasteiger partial charge in [0.1, 0.15) is 0 Å². The molecule has 23 heavy (non-hydrogen) atoms. The van der Waals surface area contributed by atoms with E-state index < -0.39 is 5.91 Å². The van der Waals surface area contributed by atoms with Crippen LogP contribution in [0.25, 0.3) is 11.3 Å². The Kier molecular flexibility index (Phi) is 3.87. The lowest BCUT2D eigenvalue weighted by Crippen LogP contribution is -2.33. The van der Waals surface area contributed by atoms with Gasteiger partial charge < -0.3 is 16.0 Å². The molecular formula is C15H14ClN5O2. The highest BCUT2D eigenvalue weighted by Crippen LogP contribution is 2.31. The normalized spacial score (nSPS) is 13.1. The molecule has 1 aliphatic rings. The number of amides is 2. The number of anilines is 1.